The molecular formula is C14H20N8O. The molecule has 3 rings (SSSR count). The van der Waals surface area contributed by atoms with Gasteiger partial charge in [0.2, 0.25) is 0 Å². The van der Waals surface area contributed by atoms with Crippen LogP contribution in [0.5, 0.6) is 0 Å². The Bertz CT molecular complexity index is 793. The van der Waals surface area contributed by atoms with Crippen molar-refractivity contribution in [3.63, 3.8) is 0 Å². The first-order valence-electron chi connectivity index (χ1n) is 7.45. The molecule has 122 valence electrons. The second-order valence-corrected chi connectivity index (χ2v) is 5.24. The van der Waals surface area contributed by atoms with Gasteiger partial charge in [-0.05, 0) is 6.92 Å². The van der Waals surface area contributed by atoms with Gasteiger partial charge in [-0.15, -0.1) is 10.2 Å². The summed E-state index contributed by atoms with van der Waals surface area (Å²) in [6.45, 7) is 3.96. The zero-order valence-electron chi connectivity index (χ0n) is 13.5. The molecule has 0 radical (unpaired) electrons. The smallest absolute Gasteiger partial charge is 0.163 e. The van der Waals surface area contributed by atoms with E-state index in [0.717, 1.165) is 35.6 Å². The number of aromatic nitrogens is 7. The molecule has 0 saturated heterocycles. The van der Waals surface area contributed by atoms with Crippen molar-refractivity contribution < 1.29 is 4.74 Å². The maximum absolute atomic E-state index is 5.09. The van der Waals surface area contributed by atoms with Crippen LogP contribution >= 0.6 is 0 Å². The van der Waals surface area contributed by atoms with Gasteiger partial charge < -0.3 is 14.6 Å². The average molecular weight is 316 g/mol. The molecule has 0 aliphatic heterocycles. The fraction of sp³-hybridized carbons (Fsp3) is 0.500. The zero-order valence-corrected chi connectivity index (χ0v) is 13.5. The topological polar surface area (TPSA) is 95.6 Å². The van der Waals surface area contributed by atoms with E-state index in [1.165, 1.54) is 0 Å². The van der Waals surface area contributed by atoms with E-state index in [1.807, 2.05) is 18.5 Å². The number of methoxy groups -OCH3 is 1. The monoisotopic (exact) mass is 316 g/mol. The van der Waals surface area contributed by atoms with Gasteiger partial charge in [0.25, 0.3) is 0 Å². The summed E-state index contributed by atoms with van der Waals surface area (Å²) < 4.78 is 8.83. The summed E-state index contributed by atoms with van der Waals surface area (Å²) in [6.07, 6.45) is 4.25. The van der Waals surface area contributed by atoms with Crippen LogP contribution < -0.4 is 5.32 Å². The molecule has 0 aromatic carbocycles. The van der Waals surface area contributed by atoms with E-state index in [9.17, 15) is 0 Å². The van der Waals surface area contributed by atoms with Crippen LogP contribution in [0.2, 0.25) is 0 Å². The van der Waals surface area contributed by atoms with Crippen molar-refractivity contribution >= 4 is 16.9 Å². The number of rotatable bonds is 7. The number of nitrogens with one attached hydrogen (secondary N) is 1. The van der Waals surface area contributed by atoms with Crippen LogP contribution in [-0.4, -0.2) is 54.8 Å². The predicted octanol–water partition coefficient (Wildman–Crippen LogP) is 0.564. The summed E-state index contributed by atoms with van der Waals surface area (Å²) in [6, 6.07) is 0. The van der Waals surface area contributed by atoms with Gasteiger partial charge in [0, 0.05) is 33.7 Å². The van der Waals surface area contributed by atoms with E-state index in [0.29, 0.717) is 19.0 Å². The lowest BCUT2D eigenvalue weighted by atomic mass is 10.3. The highest BCUT2D eigenvalue weighted by molar-refractivity contribution is 5.86. The van der Waals surface area contributed by atoms with E-state index in [4.69, 9.17) is 4.74 Å². The van der Waals surface area contributed by atoms with Gasteiger partial charge in [-0.25, -0.2) is 9.97 Å². The van der Waals surface area contributed by atoms with Gasteiger partial charge >= 0.3 is 0 Å². The third-order valence-corrected chi connectivity index (χ3v) is 3.58. The third-order valence-electron chi connectivity index (χ3n) is 3.58. The largest absolute Gasteiger partial charge is 0.383 e. The first-order chi connectivity index (χ1) is 11.2. The van der Waals surface area contributed by atoms with E-state index >= 15 is 0 Å². The number of fused-ring (bicyclic) bond motifs is 1. The Hall–Kier alpha value is -2.55. The van der Waals surface area contributed by atoms with Crippen LogP contribution in [0.1, 0.15) is 11.6 Å². The quantitative estimate of drug-likeness (QED) is 0.680. The Morgan fingerprint density at radius 3 is 3.00 bits per heavy atom. The van der Waals surface area contributed by atoms with Crippen molar-refractivity contribution in [2.24, 2.45) is 7.05 Å². The van der Waals surface area contributed by atoms with Crippen LogP contribution in [0.25, 0.3) is 11.0 Å². The van der Waals surface area contributed by atoms with Crippen molar-refractivity contribution in [3.05, 3.63) is 24.2 Å². The fourth-order valence-corrected chi connectivity index (χ4v) is 2.41. The van der Waals surface area contributed by atoms with Crippen LogP contribution in [0.15, 0.2) is 12.5 Å². The minimum absolute atomic E-state index is 0.639. The number of ether oxygens (including phenoxy) is 1. The van der Waals surface area contributed by atoms with Gasteiger partial charge in [-0.3, -0.25) is 4.68 Å². The highest BCUT2D eigenvalue weighted by Gasteiger charge is 2.10. The normalized spacial score (nSPS) is 11.3. The van der Waals surface area contributed by atoms with Gasteiger partial charge in [-0.1, -0.05) is 0 Å². The van der Waals surface area contributed by atoms with Crippen LogP contribution in [0, 0.1) is 6.92 Å². The Kier molecular flexibility index (Phi) is 4.47. The Morgan fingerprint density at radius 1 is 1.30 bits per heavy atom. The molecule has 3 aromatic rings. The fourth-order valence-electron chi connectivity index (χ4n) is 2.41. The minimum atomic E-state index is 0.639. The molecule has 0 bridgehead atoms. The van der Waals surface area contributed by atoms with Gasteiger partial charge in [-0.2, -0.15) is 5.10 Å². The molecule has 0 saturated carbocycles. The lowest BCUT2D eigenvalue weighted by Crippen LogP contribution is -2.13. The Balaban J connectivity index is 1.69. The summed E-state index contributed by atoms with van der Waals surface area (Å²) >= 11 is 0. The van der Waals surface area contributed by atoms with E-state index in [1.54, 1.807) is 24.3 Å². The van der Waals surface area contributed by atoms with Gasteiger partial charge in [0.05, 0.1) is 18.2 Å². The van der Waals surface area contributed by atoms with Gasteiger partial charge in [0.15, 0.2) is 5.65 Å². The van der Waals surface area contributed by atoms with Crippen LogP contribution in [0.3, 0.4) is 0 Å². The van der Waals surface area contributed by atoms with E-state index in [2.05, 4.69) is 30.6 Å². The van der Waals surface area contributed by atoms with E-state index < -0.39 is 0 Å². The molecule has 0 atom stereocenters. The lowest BCUT2D eigenvalue weighted by Gasteiger charge is -2.09. The minimum Gasteiger partial charge on any atom is -0.383 e. The summed E-state index contributed by atoms with van der Waals surface area (Å²) in [5.74, 6) is 2.43. The van der Waals surface area contributed by atoms with Crippen molar-refractivity contribution in [3.8, 4) is 0 Å². The molecule has 0 aliphatic rings. The van der Waals surface area contributed by atoms with Crippen molar-refractivity contribution in [2.45, 2.75) is 19.9 Å². The molecular weight excluding hydrogens is 296 g/mol. The molecule has 0 unspecified atom stereocenters. The first-order valence-corrected chi connectivity index (χ1v) is 7.45. The number of nitrogens with zero attached hydrogens (tertiary/aromatic N) is 7. The molecule has 9 nitrogen and oxygen atoms in total. The number of anilines is 1. The average Bonchev–Trinajstić information content (AvgIpc) is 3.13. The highest BCUT2D eigenvalue weighted by Crippen LogP contribution is 2.19. The van der Waals surface area contributed by atoms with E-state index in [-0.39, 0.29) is 0 Å². The molecule has 3 heterocycles. The van der Waals surface area contributed by atoms with Crippen molar-refractivity contribution in [1.29, 1.82) is 0 Å². The summed E-state index contributed by atoms with van der Waals surface area (Å²) in [5.41, 5.74) is 0.822. The van der Waals surface area contributed by atoms with Crippen molar-refractivity contribution in [2.75, 3.05) is 25.6 Å². The molecule has 0 spiro atoms. The second-order valence-electron chi connectivity index (χ2n) is 5.24. The predicted molar refractivity (Wildman–Crippen MR) is 85.1 cm³/mol. The highest BCUT2D eigenvalue weighted by atomic mass is 16.5. The molecule has 0 fully saturated rings. The summed E-state index contributed by atoms with van der Waals surface area (Å²) in [5, 5.41) is 16.6. The van der Waals surface area contributed by atoms with Crippen LogP contribution in [-0.2, 0) is 24.8 Å². The second kappa shape index (κ2) is 6.69. The summed E-state index contributed by atoms with van der Waals surface area (Å²) in [7, 11) is 3.55. The molecule has 0 amide bonds. The SMILES string of the molecule is COCCn1cnnc1CCNc1nc(C)nc2c1cnn2C. The van der Waals surface area contributed by atoms with Crippen LogP contribution in [0.4, 0.5) is 5.82 Å². The molecule has 0 aliphatic carbocycles. The maximum atomic E-state index is 5.09. The molecule has 3 aromatic heterocycles. The number of hydrogen-bond donors (Lipinski definition) is 1. The number of aryl methyl sites for hydroxylation is 2. The zero-order chi connectivity index (χ0) is 16.2. The lowest BCUT2D eigenvalue weighted by molar-refractivity contribution is 0.186. The molecule has 23 heavy (non-hydrogen) atoms. The standard InChI is InChI=1S/C14H20N8O/c1-10-18-13(11-8-17-21(2)14(11)19-10)15-5-4-12-20-16-9-22(12)6-7-23-3/h8-9H,4-7H2,1-3H3,(H,15,18,19). The van der Waals surface area contributed by atoms with Gasteiger partial charge in [0.1, 0.15) is 23.8 Å². The Labute approximate surface area is 133 Å². The number of hydrogen-bond acceptors (Lipinski definition) is 7. The summed E-state index contributed by atoms with van der Waals surface area (Å²) in [4.78, 5) is 8.88. The third kappa shape index (κ3) is 3.29. The Morgan fingerprint density at radius 2 is 2.17 bits per heavy atom. The van der Waals surface area contributed by atoms with Crippen molar-refractivity contribution in [1.82, 2.24) is 34.5 Å². The molecule has 9 heteroatoms. The molecule has 1 N–H and O–H groups in total. The first kappa shape index (κ1) is 15.3. The maximum Gasteiger partial charge on any atom is 0.163 e.